The molecule has 2 unspecified atom stereocenters. The van der Waals surface area contributed by atoms with Gasteiger partial charge in [-0.1, -0.05) is 24.6 Å². The first-order chi connectivity index (χ1) is 13.1. The Hall–Kier alpha value is -2.12. The van der Waals surface area contributed by atoms with Crippen LogP contribution in [0.25, 0.3) is 10.9 Å². The molecule has 0 spiro atoms. The van der Waals surface area contributed by atoms with E-state index in [1.165, 1.54) is 6.42 Å². The lowest BCUT2D eigenvalue weighted by atomic mass is 9.67. The number of para-hydroxylation sites is 1. The van der Waals surface area contributed by atoms with Crippen LogP contribution in [0.5, 0.6) is 0 Å². The topological polar surface area (TPSA) is 113 Å². The number of fused-ring (bicyclic) bond motifs is 3. The smallest absolute Gasteiger partial charge is 0.272 e. The maximum absolute atomic E-state index is 12.4. The van der Waals surface area contributed by atoms with Crippen LogP contribution in [0, 0.1) is 11.8 Å². The number of nitrogens with one attached hydrogen (secondary N) is 3. The molecule has 5 N–H and O–H groups in total. The van der Waals surface area contributed by atoms with Crippen molar-refractivity contribution >= 4 is 35.1 Å². The molecule has 2 fully saturated rings. The van der Waals surface area contributed by atoms with Gasteiger partial charge in [-0.2, -0.15) is 5.10 Å². The lowest BCUT2D eigenvalue weighted by molar-refractivity contribution is -0.123. The van der Waals surface area contributed by atoms with E-state index in [1.54, 1.807) is 0 Å². The van der Waals surface area contributed by atoms with Gasteiger partial charge in [-0.25, -0.2) is 0 Å². The molecule has 2 bridgehead atoms. The Kier molecular flexibility index (Phi) is 6.57. The summed E-state index contributed by atoms with van der Waals surface area (Å²) >= 11 is 0. The summed E-state index contributed by atoms with van der Waals surface area (Å²) in [5.41, 5.74) is 7.33. The average molecular weight is 406 g/mol. The zero-order valence-corrected chi connectivity index (χ0v) is 16.6. The summed E-state index contributed by atoms with van der Waals surface area (Å²) in [6, 6.07) is 8.01. The number of amides is 2. The molecular weight excluding hydrogens is 378 g/mol. The molecule has 1 aromatic carbocycles. The second kappa shape index (κ2) is 8.92. The van der Waals surface area contributed by atoms with Crippen molar-refractivity contribution in [1.29, 1.82) is 0 Å². The van der Waals surface area contributed by atoms with Crippen molar-refractivity contribution in [3.63, 3.8) is 0 Å². The highest BCUT2D eigenvalue weighted by molar-refractivity contribution is 6.04. The Morgan fingerprint density at radius 2 is 1.89 bits per heavy atom. The van der Waals surface area contributed by atoms with E-state index >= 15 is 0 Å². The van der Waals surface area contributed by atoms with Crippen molar-refractivity contribution in [2.45, 2.75) is 50.6 Å². The third-order valence-electron chi connectivity index (χ3n) is 6.03. The van der Waals surface area contributed by atoms with Gasteiger partial charge in [0.1, 0.15) is 0 Å². The van der Waals surface area contributed by atoms with Crippen LogP contribution < -0.4 is 16.4 Å². The maximum Gasteiger partial charge on any atom is 0.272 e. The zero-order valence-electron chi connectivity index (χ0n) is 15.8. The number of carbonyl (C=O) groups excluding carboxylic acids is 2. The first-order valence-corrected chi connectivity index (χ1v) is 9.88. The largest absolute Gasteiger partial charge is 0.353 e. The Labute approximate surface area is 170 Å². The molecule has 4 rings (SSSR count). The monoisotopic (exact) mass is 405 g/mol. The minimum atomic E-state index is -0.263. The summed E-state index contributed by atoms with van der Waals surface area (Å²) in [7, 11) is 0. The molecule has 8 heteroatoms. The van der Waals surface area contributed by atoms with Gasteiger partial charge in [-0.05, 0) is 43.6 Å². The van der Waals surface area contributed by atoms with Gasteiger partial charge in [0.2, 0.25) is 5.91 Å². The van der Waals surface area contributed by atoms with Gasteiger partial charge in [0, 0.05) is 30.4 Å². The van der Waals surface area contributed by atoms with Crippen LogP contribution in [0.1, 0.15) is 49.0 Å². The standard InChI is InChI=1S/C20H27N5O2.ClH/c21-14-10-12-4-3-5-13(11-14)18(12)23-17(26)8-9-22-20(27)19-15-6-1-2-7-16(15)24-25-19;/h1-2,6-7,12-14,18H,3-5,8-11,21H2,(H,22,27)(H,23,26)(H,24,25);1H. The predicted octanol–water partition coefficient (Wildman–Crippen LogP) is 2.13. The number of carbonyl (C=O) groups is 2. The van der Waals surface area contributed by atoms with Crippen LogP contribution in [-0.2, 0) is 4.79 Å². The van der Waals surface area contributed by atoms with Gasteiger partial charge in [-0.15, -0.1) is 12.4 Å². The number of nitrogens with two attached hydrogens (primary N) is 1. The number of benzene rings is 1. The van der Waals surface area contributed by atoms with Gasteiger partial charge < -0.3 is 16.4 Å². The van der Waals surface area contributed by atoms with Crippen molar-refractivity contribution in [3.8, 4) is 0 Å². The van der Waals surface area contributed by atoms with Crippen LogP contribution in [0.4, 0.5) is 0 Å². The molecule has 2 aliphatic rings. The Morgan fingerprint density at radius 1 is 1.18 bits per heavy atom. The highest BCUT2D eigenvalue weighted by atomic mass is 35.5. The summed E-state index contributed by atoms with van der Waals surface area (Å²) in [5, 5.41) is 13.7. The van der Waals surface area contributed by atoms with Crippen molar-refractivity contribution in [2.24, 2.45) is 17.6 Å². The first kappa shape index (κ1) is 20.6. The molecule has 2 atom stereocenters. The number of hydrogen-bond donors (Lipinski definition) is 4. The van der Waals surface area contributed by atoms with E-state index in [9.17, 15) is 9.59 Å². The van der Waals surface area contributed by atoms with Gasteiger partial charge in [0.15, 0.2) is 5.69 Å². The molecule has 0 saturated heterocycles. The number of aromatic nitrogens is 2. The minimum absolute atomic E-state index is 0. The first-order valence-electron chi connectivity index (χ1n) is 9.88. The van der Waals surface area contributed by atoms with Gasteiger partial charge in [0.05, 0.1) is 5.52 Å². The molecular formula is C20H28ClN5O2. The fourth-order valence-corrected chi connectivity index (χ4v) is 4.79. The second-order valence-corrected chi connectivity index (χ2v) is 7.90. The molecule has 28 heavy (non-hydrogen) atoms. The molecule has 2 saturated carbocycles. The lowest BCUT2D eigenvalue weighted by Crippen LogP contribution is -2.54. The summed E-state index contributed by atoms with van der Waals surface area (Å²) < 4.78 is 0. The summed E-state index contributed by atoms with van der Waals surface area (Å²) in [6.07, 6.45) is 5.82. The van der Waals surface area contributed by atoms with E-state index in [0.717, 1.165) is 36.6 Å². The maximum atomic E-state index is 12.4. The average Bonchev–Trinajstić information content (AvgIpc) is 3.06. The lowest BCUT2D eigenvalue weighted by Gasteiger charge is -2.45. The molecule has 7 nitrogen and oxygen atoms in total. The van der Waals surface area contributed by atoms with E-state index in [4.69, 9.17) is 5.73 Å². The number of nitrogens with zero attached hydrogens (tertiary/aromatic N) is 1. The number of halogens is 1. The minimum Gasteiger partial charge on any atom is -0.353 e. The Bertz CT molecular complexity index is 825. The molecule has 2 amide bonds. The summed E-state index contributed by atoms with van der Waals surface area (Å²) in [6.45, 7) is 0.299. The normalized spacial score (nSPS) is 26.3. The van der Waals surface area contributed by atoms with E-state index in [-0.39, 0.29) is 42.7 Å². The third kappa shape index (κ3) is 4.31. The van der Waals surface area contributed by atoms with Crippen LogP contribution in [-0.4, -0.2) is 40.6 Å². The summed E-state index contributed by atoms with van der Waals surface area (Å²) in [4.78, 5) is 24.7. The number of rotatable bonds is 5. The van der Waals surface area contributed by atoms with Crippen LogP contribution in [0.3, 0.4) is 0 Å². The van der Waals surface area contributed by atoms with E-state index < -0.39 is 0 Å². The van der Waals surface area contributed by atoms with Crippen LogP contribution in [0.15, 0.2) is 24.3 Å². The SMILES string of the molecule is Cl.NC1CC2CCCC(C1)C2NC(=O)CCNC(=O)c1n[nH]c2ccccc12. The van der Waals surface area contributed by atoms with Crippen molar-refractivity contribution in [1.82, 2.24) is 20.8 Å². The molecule has 1 aromatic heterocycles. The molecule has 152 valence electrons. The highest BCUT2D eigenvalue weighted by Gasteiger charge is 2.39. The number of hydrogen-bond acceptors (Lipinski definition) is 4. The molecule has 0 radical (unpaired) electrons. The predicted molar refractivity (Wildman–Crippen MR) is 110 cm³/mol. The fourth-order valence-electron chi connectivity index (χ4n) is 4.79. The highest BCUT2D eigenvalue weighted by Crippen LogP contribution is 2.39. The van der Waals surface area contributed by atoms with Gasteiger partial charge >= 0.3 is 0 Å². The fraction of sp³-hybridized carbons (Fsp3) is 0.550. The Morgan fingerprint density at radius 3 is 2.64 bits per heavy atom. The zero-order chi connectivity index (χ0) is 18.8. The van der Waals surface area contributed by atoms with E-state index in [0.29, 0.717) is 24.1 Å². The van der Waals surface area contributed by atoms with Crippen LogP contribution in [0.2, 0.25) is 0 Å². The molecule has 1 heterocycles. The quantitative estimate of drug-likeness (QED) is 0.610. The molecule has 2 aromatic rings. The van der Waals surface area contributed by atoms with Crippen molar-refractivity contribution in [3.05, 3.63) is 30.0 Å². The molecule has 2 aliphatic carbocycles. The number of H-pyrrole nitrogens is 1. The van der Waals surface area contributed by atoms with Gasteiger partial charge in [-0.3, -0.25) is 14.7 Å². The van der Waals surface area contributed by atoms with Crippen molar-refractivity contribution < 1.29 is 9.59 Å². The third-order valence-corrected chi connectivity index (χ3v) is 6.03. The van der Waals surface area contributed by atoms with E-state index in [1.807, 2.05) is 24.3 Å². The van der Waals surface area contributed by atoms with Gasteiger partial charge in [0.25, 0.3) is 5.91 Å². The van der Waals surface area contributed by atoms with Crippen molar-refractivity contribution in [2.75, 3.05) is 6.54 Å². The molecule has 0 aliphatic heterocycles. The van der Waals surface area contributed by atoms with Crippen LogP contribution >= 0.6 is 12.4 Å². The van der Waals surface area contributed by atoms with E-state index in [2.05, 4.69) is 20.8 Å². The summed E-state index contributed by atoms with van der Waals surface area (Å²) in [5.74, 6) is 0.739. The Balaban J connectivity index is 0.00000225. The second-order valence-electron chi connectivity index (χ2n) is 7.90. The number of aromatic amines is 1.